The maximum Gasteiger partial charge on any atom is 0.408 e. The molecule has 0 radical (unpaired) electrons. The van der Waals surface area contributed by atoms with Crippen LogP contribution in [0.2, 0.25) is 0 Å². The Kier molecular flexibility index (Phi) is 8.03. The molecule has 6 nitrogen and oxygen atoms in total. The number of hydrogen-bond acceptors (Lipinski definition) is 5. The summed E-state index contributed by atoms with van der Waals surface area (Å²) in [7, 11) is 0. The number of hydrogen-bond donors (Lipinski definition) is 1. The maximum atomic E-state index is 12.3. The Balaban J connectivity index is 2.04. The number of esters is 1. The summed E-state index contributed by atoms with van der Waals surface area (Å²) in [5.74, 6) is -1.43. The van der Waals surface area contributed by atoms with E-state index in [0.29, 0.717) is 12.7 Å². The van der Waals surface area contributed by atoms with Gasteiger partial charge in [-0.2, -0.15) is 0 Å². The van der Waals surface area contributed by atoms with Crippen molar-refractivity contribution in [3.8, 4) is 0 Å². The fourth-order valence-corrected chi connectivity index (χ4v) is 2.60. The topological polar surface area (TPSA) is 81.7 Å². The summed E-state index contributed by atoms with van der Waals surface area (Å²) in [6, 6.07) is 17.3. The van der Waals surface area contributed by atoms with Crippen LogP contribution in [0.5, 0.6) is 0 Å². The molecule has 0 unspecified atom stereocenters. The lowest BCUT2D eigenvalue weighted by molar-refractivity contribution is -0.148. The molecule has 1 N–H and O–H groups in total. The Hall–Kier alpha value is -3.15. The van der Waals surface area contributed by atoms with Crippen molar-refractivity contribution in [1.82, 2.24) is 5.32 Å². The molecule has 0 aromatic heterocycles. The van der Waals surface area contributed by atoms with Crippen molar-refractivity contribution in [2.75, 3.05) is 6.61 Å². The van der Waals surface area contributed by atoms with Crippen LogP contribution in [0.15, 0.2) is 60.7 Å². The Bertz CT molecular complexity index is 733. The summed E-state index contributed by atoms with van der Waals surface area (Å²) in [5, 5.41) is 2.48. The summed E-state index contributed by atoms with van der Waals surface area (Å²) < 4.78 is 10.2. The van der Waals surface area contributed by atoms with E-state index in [2.05, 4.69) is 5.32 Å². The molecule has 0 heterocycles. The van der Waals surface area contributed by atoms with Crippen molar-refractivity contribution in [2.45, 2.75) is 26.0 Å². The Morgan fingerprint density at radius 3 is 2.11 bits per heavy atom. The van der Waals surface area contributed by atoms with E-state index < -0.39 is 24.0 Å². The van der Waals surface area contributed by atoms with E-state index in [1.54, 1.807) is 6.92 Å². The Morgan fingerprint density at radius 2 is 1.56 bits per heavy atom. The quantitative estimate of drug-likeness (QED) is 0.543. The van der Waals surface area contributed by atoms with Gasteiger partial charge < -0.3 is 19.6 Å². The number of amides is 1. The Morgan fingerprint density at radius 1 is 0.963 bits per heavy atom. The molecule has 0 aliphatic heterocycles. The van der Waals surface area contributed by atoms with Gasteiger partial charge >= 0.3 is 12.1 Å². The Labute approximate surface area is 158 Å². The zero-order chi connectivity index (χ0) is 19.5. The molecule has 27 heavy (non-hydrogen) atoms. The van der Waals surface area contributed by atoms with Crippen LogP contribution >= 0.6 is 0 Å². The first kappa shape index (κ1) is 20.2. The molecule has 2 atom stereocenters. The molecular weight excluding hydrogens is 346 g/mol. The number of carbonyl (C=O) groups excluding carboxylic acids is 3. The number of nitrogens with one attached hydrogen (secondary N) is 1. The molecule has 2 aromatic carbocycles. The minimum atomic E-state index is -1.12. The maximum absolute atomic E-state index is 12.3. The van der Waals surface area contributed by atoms with Gasteiger partial charge in [0.1, 0.15) is 18.9 Å². The summed E-state index contributed by atoms with van der Waals surface area (Å²) in [6.45, 7) is 1.87. The van der Waals surface area contributed by atoms with Crippen LogP contribution in [-0.2, 0) is 32.1 Å². The van der Waals surface area contributed by atoms with Crippen molar-refractivity contribution in [3.63, 3.8) is 0 Å². The molecule has 2 aromatic rings. The third-order valence-corrected chi connectivity index (χ3v) is 3.94. The molecule has 2 rings (SSSR count). The van der Waals surface area contributed by atoms with Crippen LogP contribution in [0.3, 0.4) is 0 Å². The predicted octanol–water partition coefficient (Wildman–Crippen LogP) is 2.90. The summed E-state index contributed by atoms with van der Waals surface area (Å²) in [4.78, 5) is 36.1. The number of alkyl carbamates (subject to hydrolysis) is 1. The lowest BCUT2D eigenvalue weighted by Gasteiger charge is -2.22. The van der Waals surface area contributed by atoms with E-state index >= 15 is 0 Å². The van der Waals surface area contributed by atoms with E-state index in [0.717, 1.165) is 11.1 Å². The van der Waals surface area contributed by atoms with Gasteiger partial charge in [-0.3, -0.25) is 0 Å². The van der Waals surface area contributed by atoms with Crippen molar-refractivity contribution >= 4 is 18.3 Å². The highest BCUT2D eigenvalue weighted by Gasteiger charge is 2.31. The monoisotopic (exact) mass is 369 g/mol. The minimum absolute atomic E-state index is 0.0622. The fourth-order valence-electron chi connectivity index (χ4n) is 2.60. The van der Waals surface area contributed by atoms with Crippen LogP contribution in [0.25, 0.3) is 0 Å². The molecule has 0 aliphatic carbocycles. The molecule has 6 heteroatoms. The van der Waals surface area contributed by atoms with Gasteiger partial charge in [0, 0.05) is 5.92 Å². The fraction of sp³-hybridized carbons (Fsp3) is 0.286. The zero-order valence-electron chi connectivity index (χ0n) is 15.2. The predicted molar refractivity (Wildman–Crippen MR) is 99.9 cm³/mol. The second-order valence-electron chi connectivity index (χ2n) is 5.93. The number of ether oxygens (including phenoxy) is 2. The van der Waals surface area contributed by atoms with Crippen LogP contribution < -0.4 is 5.32 Å². The highest BCUT2D eigenvalue weighted by molar-refractivity contribution is 5.84. The summed E-state index contributed by atoms with van der Waals surface area (Å²) in [6.07, 6.45) is 0.176. The third kappa shape index (κ3) is 6.58. The third-order valence-electron chi connectivity index (χ3n) is 3.94. The first-order valence-electron chi connectivity index (χ1n) is 8.77. The van der Waals surface area contributed by atoms with Crippen LogP contribution in [0.1, 0.15) is 18.1 Å². The zero-order valence-corrected chi connectivity index (χ0v) is 15.2. The van der Waals surface area contributed by atoms with Gasteiger partial charge in [0.25, 0.3) is 0 Å². The average Bonchev–Trinajstić information content (AvgIpc) is 2.70. The molecule has 0 aliphatic rings. The first-order chi connectivity index (χ1) is 13.1. The number of carbonyl (C=O) groups is 3. The van der Waals surface area contributed by atoms with Crippen molar-refractivity contribution < 1.29 is 23.9 Å². The minimum Gasteiger partial charge on any atom is -0.464 e. The van der Waals surface area contributed by atoms with Crippen LogP contribution in [0.4, 0.5) is 4.79 Å². The molecule has 0 fully saturated rings. The van der Waals surface area contributed by atoms with Crippen molar-refractivity contribution in [1.29, 1.82) is 0 Å². The van der Waals surface area contributed by atoms with Gasteiger partial charge in [0.2, 0.25) is 0 Å². The van der Waals surface area contributed by atoms with Gasteiger partial charge in [-0.15, -0.1) is 0 Å². The summed E-state index contributed by atoms with van der Waals surface area (Å²) in [5.41, 5.74) is 1.69. The van der Waals surface area contributed by atoms with E-state index in [4.69, 9.17) is 9.47 Å². The van der Waals surface area contributed by atoms with Gasteiger partial charge in [0.15, 0.2) is 0 Å². The van der Waals surface area contributed by atoms with E-state index in [9.17, 15) is 14.4 Å². The standard InChI is InChI=1S/C21H23NO5/c1-2-26-20(24)19(18(14-23)13-16-9-5-3-6-10-16)22-21(25)27-15-17-11-7-4-8-12-17/h3-12,14,18-19H,2,13,15H2,1H3,(H,22,25)/t18-,19-/m0/s1. The lowest BCUT2D eigenvalue weighted by Crippen LogP contribution is -2.48. The number of rotatable bonds is 9. The largest absolute Gasteiger partial charge is 0.464 e. The van der Waals surface area contributed by atoms with Gasteiger partial charge in [-0.05, 0) is 24.5 Å². The molecule has 0 bridgehead atoms. The molecule has 0 saturated heterocycles. The smallest absolute Gasteiger partial charge is 0.408 e. The second kappa shape index (κ2) is 10.8. The van der Waals surface area contributed by atoms with Crippen LogP contribution in [-0.4, -0.2) is 31.0 Å². The molecular formula is C21H23NO5. The molecule has 0 saturated carbocycles. The number of benzene rings is 2. The lowest BCUT2D eigenvalue weighted by atomic mass is 9.93. The summed E-state index contributed by atoms with van der Waals surface area (Å²) >= 11 is 0. The first-order valence-corrected chi connectivity index (χ1v) is 8.77. The van der Waals surface area contributed by atoms with E-state index in [-0.39, 0.29) is 13.2 Å². The van der Waals surface area contributed by atoms with Gasteiger partial charge in [0.05, 0.1) is 6.61 Å². The number of aldehydes is 1. The van der Waals surface area contributed by atoms with Crippen molar-refractivity contribution in [2.24, 2.45) is 5.92 Å². The van der Waals surface area contributed by atoms with Gasteiger partial charge in [-0.25, -0.2) is 9.59 Å². The van der Waals surface area contributed by atoms with Crippen LogP contribution in [0, 0.1) is 5.92 Å². The van der Waals surface area contributed by atoms with E-state index in [1.165, 1.54) is 0 Å². The van der Waals surface area contributed by atoms with Crippen molar-refractivity contribution in [3.05, 3.63) is 71.8 Å². The molecule has 142 valence electrons. The second-order valence-corrected chi connectivity index (χ2v) is 5.93. The van der Waals surface area contributed by atoms with E-state index in [1.807, 2.05) is 60.7 Å². The highest BCUT2D eigenvalue weighted by Crippen LogP contribution is 2.13. The molecule has 1 amide bonds. The average molecular weight is 369 g/mol. The SMILES string of the molecule is CCOC(=O)[C@@H](NC(=O)OCc1ccccc1)[C@H](C=O)Cc1ccccc1. The normalized spacial score (nSPS) is 12.5. The highest BCUT2D eigenvalue weighted by atomic mass is 16.6. The molecule has 0 spiro atoms. The van der Waals surface area contributed by atoms with Gasteiger partial charge in [-0.1, -0.05) is 60.7 Å².